The largest absolute Gasteiger partial charge is 0.392 e. The van der Waals surface area contributed by atoms with Crippen LogP contribution in [0.25, 0.3) is 0 Å². The molecular weight excluding hydrogens is 222 g/mol. The van der Waals surface area contributed by atoms with Gasteiger partial charge in [-0.1, -0.05) is 28.8 Å². The summed E-state index contributed by atoms with van der Waals surface area (Å²) in [5.74, 6) is 0. The van der Waals surface area contributed by atoms with Crippen LogP contribution < -0.4 is 0 Å². The second-order valence-corrected chi connectivity index (χ2v) is 4.82. The highest BCUT2D eigenvalue weighted by Crippen LogP contribution is 2.45. The standard InChI is InChI=1S/C8H12BrNO2/c9-7(3-1-2-4-7)8(12,5-10)6-11/h11-12H,1-4,6H2/t8-/m1/s1. The normalized spacial score (nSPS) is 26.2. The van der Waals surface area contributed by atoms with E-state index in [-0.39, 0.29) is 0 Å². The van der Waals surface area contributed by atoms with Crippen molar-refractivity contribution in [3.8, 4) is 6.07 Å². The molecule has 1 fully saturated rings. The first-order valence-corrected chi connectivity index (χ1v) is 4.81. The molecule has 12 heavy (non-hydrogen) atoms. The number of halogens is 1. The van der Waals surface area contributed by atoms with Crippen LogP contribution in [0.2, 0.25) is 0 Å². The molecule has 0 aromatic rings. The van der Waals surface area contributed by atoms with Crippen molar-refractivity contribution in [2.75, 3.05) is 6.61 Å². The van der Waals surface area contributed by atoms with Gasteiger partial charge in [-0.05, 0) is 12.8 Å². The molecule has 0 saturated heterocycles. The van der Waals surface area contributed by atoms with E-state index in [9.17, 15) is 5.11 Å². The first-order chi connectivity index (χ1) is 5.58. The third kappa shape index (κ3) is 1.37. The third-order valence-corrected chi connectivity index (χ3v) is 4.00. The molecule has 1 saturated carbocycles. The zero-order valence-electron chi connectivity index (χ0n) is 6.76. The van der Waals surface area contributed by atoms with Crippen LogP contribution >= 0.6 is 15.9 Å². The molecule has 0 bridgehead atoms. The molecule has 0 unspecified atom stereocenters. The molecule has 1 aliphatic rings. The van der Waals surface area contributed by atoms with Gasteiger partial charge in [0, 0.05) is 0 Å². The van der Waals surface area contributed by atoms with Gasteiger partial charge in [-0.3, -0.25) is 0 Å². The van der Waals surface area contributed by atoms with Crippen LogP contribution in [0, 0.1) is 11.3 Å². The van der Waals surface area contributed by atoms with Crippen LogP contribution in [-0.4, -0.2) is 26.7 Å². The first-order valence-electron chi connectivity index (χ1n) is 4.01. The molecule has 1 rings (SSSR count). The summed E-state index contributed by atoms with van der Waals surface area (Å²) < 4.78 is -0.594. The lowest BCUT2D eigenvalue weighted by molar-refractivity contribution is 0.00430. The lowest BCUT2D eigenvalue weighted by Gasteiger charge is -2.33. The van der Waals surface area contributed by atoms with E-state index >= 15 is 0 Å². The second-order valence-electron chi connectivity index (χ2n) is 3.30. The molecule has 0 radical (unpaired) electrons. The molecule has 68 valence electrons. The van der Waals surface area contributed by atoms with Crippen molar-refractivity contribution >= 4 is 15.9 Å². The van der Waals surface area contributed by atoms with E-state index in [4.69, 9.17) is 10.4 Å². The second kappa shape index (κ2) is 3.33. The number of nitrogens with zero attached hydrogens (tertiary/aromatic N) is 1. The maximum atomic E-state index is 9.73. The Morgan fingerprint density at radius 3 is 2.33 bits per heavy atom. The van der Waals surface area contributed by atoms with Gasteiger partial charge >= 0.3 is 0 Å². The maximum Gasteiger partial charge on any atom is 0.189 e. The first kappa shape index (κ1) is 9.97. The molecule has 3 nitrogen and oxygen atoms in total. The Hall–Kier alpha value is -0.110. The Bertz CT molecular complexity index is 208. The lowest BCUT2D eigenvalue weighted by Crippen LogP contribution is -2.50. The summed E-state index contributed by atoms with van der Waals surface area (Å²) in [5, 5.41) is 27.4. The van der Waals surface area contributed by atoms with Crippen molar-refractivity contribution in [2.24, 2.45) is 0 Å². The summed E-state index contributed by atoms with van der Waals surface area (Å²) in [4.78, 5) is 0. The van der Waals surface area contributed by atoms with Gasteiger partial charge < -0.3 is 10.2 Å². The average Bonchev–Trinajstić information content (AvgIpc) is 2.52. The van der Waals surface area contributed by atoms with E-state index in [1.807, 2.05) is 0 Å². The minimum absolute atomic E-state index is 0.505. The molecule has 0 amide bonds. The van der Waals surface area contributed by atoms with Crippen LogP contribution in [0.15, 0.2) is 0 Å². The number of alkyl halides is 1. The Labute approximate surface area is 80.1 Å². The number of rotatable bonds is 2. The van der Waals surface area contributed by atoms with E-state index < -0.39 is 16.5 Å². The van der Waals surface area contributed by atoms with Crippen LogP contribution in [-0.2, 0) is 0 Å². The van der Waals surface area contributed by atoms with Crippen LogP contribution in [0.1, 0.15) is 25.7 Å². The Morgan fingerprint density at radius 2 is 2.00 bits per heavy atom. The predicted molar refractivity (Wildman–Crippen MR) is 47.8 cm³/mol. The van der Waals surface area contributed by atoms with Gasteiger partial charge in [-0.15, -0.1) is 0 Å². The average molecular weight is 234 g/mol. The van der Waals surface area contributed by atoms with Gasteiger partial charge in [0.05, 0.1) is 10.9 Å². The SMILES string of the molecule is N#C[C@@](O)(CO)C1(Br)CCCC1. The van der Waals surface area contributed by atoms with Crippen molar-refractivity contribution in [1.82, 2.24) is 0 Å². The van der Waals surface area contributed by atoms with Crippen molar-refractivity contribution in [2.45, 2.75) is 35.6 Å². The summed E-state index contributed by atoms with van der Waals surface area (Å²) in [6, 6.07) is 1.77. The number of aliphatic hydroxyl groups excluding tert-OH is 1. The fourth-order valence-corrected chi connectivity index (χ4v) is 2.40. The van der Waals surface area contributed by atoms with Crippen molar-refractivity contribution < 1.29 is 10.2 Å². The van der Waals surface area contributed by atoms with Crippen molar-refractivity contribution in [1.29, 1.82) is 5.26 Å². The molecule has 0 aliphatic heterocycles. The smallest absolute Gasteiger partial charge is 0.189 e. The molecule has 4 heteroatoms. The summed E-state index contributed by atoms with van der Waals surface area (Å²) >= 11 is 3.36. The predicted octanol–water partition coefficient (Wildman–Crippen LogP) is 0.941. The van der Waals surface area contributed by atoms with Gasteiger partial charge in [-0.25, -0.2) is 0 Å². The molecule has 0 aromatic heterocycles. The zero-order valence-corrected chi connectivity index (χ0v) is 8.34. The third-order valence-electron chi connectivity index (χ3n) is 2.55. The fraction of sp³-hybridized carbons (Fsp3) is 0.875. The van der Waals surface area contributed by atoms with E-state index in [1.165, 1.54) is 0 Å². The molecule has 0 aromatic carbocycles. The molecule has 2 N–H and O–H groups in total. The van der Waals surface area contributed by atoms with E-state index in [0.717, 1.165) is 25.7 Å². The summed E-state index contributed by atoms with van der Waals surface area (Å²) in [7, 11) is 0. The molecular formula is C8H12BrNO2. The monoisotopic (exact) mass is 233 g/mol. The van der Waals surface area contributed by atoms with Crippen LogP contribution in [0.5, 0.6) is 0 Å². The van der Waals surface area contributed by atoms with Crippen molar-refractivity contribution in [3.63, 3.8) is 0 Å². The molecule has 0 heterocycles. The Balaban J connectivity index is 2.85. The van der Waals surface area contributed by atoms with Gasteiger partial charge in [0.25, 0.3) is 0 Å². The van der Waals surface area contributed by atoms with Gasteiger partial charge in [0.2, 0.25) is 0 Å². The summed E-state index contributed by atoms with van der Waals surface area (Å²) in [5.41, 5.74) is -1.62. The highest BCUT2D eigenvalue weighted by atomic mass is 79.9. The highest BCUT2D eigenvalue weighted by molar-refractivity contribution is 9.10. The Morgan fingerprint density at radius 1 is 1.50 bits per heavy atom. The molecule has 1 aliphatic carbocycles. The zero-order chi connectivity index (χ0) is 9.24. The summed E-state index contributed by atoms with van der Waals surface area (Å²) in [6.07, 6.45) is 3.49. The Kier molecular flexibility index (Phi) is 2.77. The van der Waals surface area contributed by atoms with Crippen LogP contribution in [0.3, 0.4) is 0 Å². The number of aliphatic hydroxyl groups is 2. The highest BCUT2D eigenvalue weighted by Gasteiger charge is 2.50. The molecule has 1 atom stereocenters. The van der Waals surface area contributed by atoms with Crippen molar-refractivity contribution in [3.05, 3.63) is 0 Å². The van der Waals surface area contributed by atoms with E-state index in [1.54, 1.807) is 6.07 Å². The fourth-order valence-electron chi connectivity index (χ4n) is 1.63. The number of hydrogen-bond acceptors (Lipinski definition) is 3. The topological polar surface area (TPSA) is 64.2 Å². The van der Waals surface area contributed by atoms with E-state index in [0.29, 0.717) is 0 Å². The minimum Gasteiger partial charge on any atom is -0.392 e. The number of hydrogen-bond donors (Lipinski definition) is 2. The van der Waals surface area contributed by atoms with Gasteiger partial charge in [0.15, 0.2) is 5.60 Å². The van der Waals surface area contributed by atoms with Gasteiger partial charge in [0.1, 0.15) is 6.07 Å². The summed E-state index contributed by atoms with van der Waals surface area (Å²) in [6.45, 7) is -0.505. The molecule has 0 spiro atoms. The lowest BCUT2D eigenvalue weighted by atomic mass is 9.88. The van der Waals surface area contributed by atoms with Crippen LogP contribution in [0.4, 0.5) is 0 Å². The van der Waals surface area contributed by atoms with E-state index in [2.05, 4.69) is 15.9 Å². The van der Waals surface area contributed by atoms with Gasteiger partial charge in [-0.2, -0.15) is 5.26 Å². The number of nitriles is 1. The minimum atomic E-state index is -1.62. The quantitative estimate of drug-likeness (QED) is 0.552. The maximum absolute atomic E-state index is 9.73.